The van der Waals surface area contributed by atoms with E-state index in [0.29, 0.717) is 23.6 Å². The largest absolute Gasteiger partial charge is 0.465 e. The zero-order valence-electron chi connectivity index (χ0n) is 12.7. The number of rotatable bonds is 4. The number of aromatic nitrogens is 1. The van der Waals surface area contributed by atoms with E-state index in [0.717, 1.165) is 10.5 Å². The van der Waals surface area contributed by atoms with E-state index in [4.69, 9.17) is 5.11 Å². The molecular weight excluding hydrogens is 272 g/mol. The molecule has 21 heavy (non-hydrogen) atoms. The number of nitrogens with zero attached hydrogens (tertiary/aromatic N) is 3. The van der Waals surface area contributed by atoms with Crippen LogP contribution in [0.3, 0.4) is 0 Å². The molecule has 1 aromatic rings. The number of anilines is 1. The number of nitrogens with one attached hydrogen (secondary N) is 1. The minimum Gasteiger partial charge on any atom is -0.465 e. The number of hydrogen-bond donors (Lipinski definition) is 2. The van der Waals surface area contributed by atoms with Crippen molar-refractivity contribution in [2.75, 3.05) is 19.0 Å². The predicted molar refractivity (Wildman–Crippen MR) is 78.4 cm³/mol. The molecule has 7 nitrogen and oxygen atoms in total. The van der Waals surface area contributed by atoms with E-state index < -0.39 is 6.09 Å². The van der Waals surface area contributed by atoms with Crippen molar-refractivity contribution in [2.24, 2.45) is 0 Å². The average molecular weight is 292 g/mol. The molecule has 2 heterocycles. The van der Waals surface area contributed by atoms with Gasteiger partial charge in [0.1, 0.15) is 5.82 Å². The molecule has 0 saturated heterocycles. The van der Waals surface area contributed by atoms with Crippen molar-refractivity contribution in [3.8, 4) is 0 Å². The molecule has 1 aliphatic rings. The lowest BCUT2D eigenvalue weighted by molar-refractivity contribution is 0.0965. The second-order valence-electron chi connectivity index (χ2n) is 5.48. The Kier molecular flexibility index (Phi) is 4.02. The first-order chi connectivity index (χ1) is 9.81. The standard InChI is InChI=1S/C14H20N4O3/c1-8(2)18(4)12-5-9-10(6-15-13(9)19)11(16-12)7-17(3)14(20)21/h5,8H,6-7H2,1-4H3,(H,15,19)(H,20,21). The van der Waals surface area contributed by atoms with Crippen LogP contribution in [0.15, 0.2) is 6.07 Å². The third-order valence-electron chi connectivity index (χ3n) is 3.72. The average Bonchev–Trinajstić information content (AvgIpc) is 2.79. The summed E-state index contributed by atoms with van der Waals surface area (Å²) in [5.74, 6) is 0.541. The van der Waals surface area contributed by atoms with Crippen LogP contribution in [0.25, 0.3) is 0 Å². The van der Waals surface area contributed by atoms with Gasteiger partial charge in [-0.1, -0.05) is 0 Å². The van der Waals surface area contributed by atoms with Gasteiger partial charge in [-0.2, -0.15) is 0 Å². The van der Waals surface area contributed by atoms with E-state index in [1.54, 1.807) is 6.07 Å². The van der Waals surface area contributed by atoms with Gasteiger partial charge in [-0.05, 0) is 19.9 Å². The van der Waals surface area contributed by atoms with E-state index >= 15 is 0 Å². The molecule has 7 heteroatoms. The van der Waals surface area contributed by atoms with Crippen molar-refractivity contribution in [2.45, 2.75) is 33.0 Å². The van der Waals surface area contributed by atoms with Crippen LogP contribution >= 0.6 is 0 Å². The lowest BCUT2D eigenvalue weighted by atomic mass is 10.1. The molecule has 2 amide bonds. The number of carbonyl (C=O) groups excluding carboxylic acids is 1. The highest BCUT2D eigenvalue weighted by atomic mass is 16.4. The number of carbonyl (C=O) groups is 2. The first-order valence-electron chi connectivity index (χ1n) is 6.79. The second kappa shape index (κ2) is 5.59. The zero-order chi connectivity index (χ0) is 15.7. The molecule has 2 N–H and O–H groups in total. The van der Waals surface area contributed by atoms with Crippen molar-refractivity contribution >= 4 is 17.8 Å². The Hall–Kier alpha value is -2.31. The van der Waals surface area contributed by atoms with E-state index in [2.05, 4.69) is 10.3 Å². The fourth-order valence-electron chi connectivity index (χ4n) is 2.14. The summed E-state index contributed by atoms with van der Waals surface area (Å²) in [5.41, 5.74) is 1.99. The van der Waals surface area contributed by atoms with Crippen LogP contribution in [0.5, 0.6) is 0 Å². The molecule has 0 atom stereocenters. The zero-order valence-corrected chi connectivity index (χ0v) is 12.7. The van der Waals surface area contributed by atoms with Crippen LogP contribution < -0.4 is 10.2 Å². The summed E-state index contributed by atoms with van der Waals surface area (Å²) in [6.07, 6.45) is -1.02. The summed E-state index contributed by atoms with van der Waals surface area (Å²) in [7, 11) is 3.39. The summed E-state index contributed by atoms with van der Waals surface area (Å²) in [6, 6.07) is 1.99. The number of carboxylic acid groups (broad SMARTS) is 1. The van der Waals surface area contributed by atoms with Crippen molar-refractivity contribution < 1.29 is 14.7 Å². The lowest BCUT2D eigenvalue weighted by Gasteiger charge is -2.24. The normalized spacial score (nSPS) is 13.1. The Morgan fingerprint density at radius 1 is 1.48 bits per heavy atom. The Bertz CT molecular complexity index is 586. The summed E-state index contributed by atoms with van der Waals surface area (Å²) in [4.78, 5) is 30.6. The first-order valence-corrected chi connectivity index (χ1v) is 6.79. The molecule has 0 aliphatic carbocycles. The molecule has 0 unspecified atom stereocenters. The maximum absolute atomic E-state index is 11.9. The Labute approximate surface area is 123 Å². The Morgan fingerprint density at radius 2 is 2.14 bits per heavy atom. The Morgan fingerprint density at radius 3 is 2.71 bits per heavy atom. The molecule has 1 aliphatic heterocycles. The number of amides is 2. The molecule has 0 spiro atoms. The summed E-state index contributed by atoms with van der Waals surface area (Å²) in [6.45, 7) is 4.61. The first kappa shape index (κ1) is 15.1. The molecule has 0 fully saturated rings. The maximum Gasteiger partial charge on any atom is 0.407 e. The third-order valence-corrected chi connectivity index (χ3v) is 3.72. The van der Waals surface area contributed by atoms with Crippen LogP contribution in [0.4, 0.5) is 10.6 Å². The predicted octanol–water partition coefficient (Wildman–Crippen LogP) is 1.28. The molecular formula is C14H20N4O3. The van der Waals surface area contributed by atoms with Gasteiger partial charge in [0.05, 0.1) is 12.2 Å². The van der Waals surface area contributed by atoms with Gasteiger partial charge < -0.3 is 20.2 Å². The quantitative estimate of drug-likeness (QED) is 0.873. The molecule has 2 rings (SSSR count). The third kappa shape index (κ3) is 2.91. The molecule has 0 aromatic carbocycles. The fraction of sp³-hybridized carbons (Fsp3) is 0.500. The SMILES string of the molecule is CC(C)N(C)c1cc2c(c(CN(C)C(=O)O)n1)CNC2=O. The summed E-state index contributed by atoms with van der Waals surface area (Å²) < 4.78 is 0. The Balaban J connectivity index is 2.45. The number of hydrogen-bond acceptors (Lipinski definition) is 4. The highest BCUT2D eigenvalue weighted by Crippen LogP contribution is 2.25. The van der Waals surface area contributed by atoms with E-state index in [-0.39, 0.29) is 18.5 Å². The lowest BCUT2D eigenvalue weighted by Crippen LogP contribution is -2.29. The van der Waals surface area contributed by atoms with Crippen molar-refractivity contribution in [3.05, 3.63) is 22.9 Å². The van der Waals surface area contributed by atoms with Gasteiger partial charge in [0.2, 0.25) is 0 Å². The van der Waals surface area contributed by atoms with Crippen LogP contribution in [0.2, 0.25) is 0 Å². The van der Waals surface area contributed by atoms with Gasteiger partial charge in [0, 0.05) is 37.8 Å². The number of pyridine rings is 1. The minimum atomic E-state index is -1.02. The molecule has 0 saturated carbocycles. The van der Waals surface area contributed by atoms with Crippen LogP contribution in [-0.2, 0) is 13.1 Å². The minimum absolute atomic E-state index is 0.134. The molecule has 0 bridgehead atoms. The van der Waals surface area contributed by atoms with Gasteiger partial charge in [0.25, 0.3) is 5.91 Å². The van der Waals surface area contributed by atoms with Gasteiger partial charge in [0.15, 0.2) is 0 Å². The van der Waals surface area contributed by atoms with Gasteiger partial charge in [-0.3, -0.25) is 4.79 Å². The molecule has 0 radical (unpaired) electrons. The van der Waals surface area contributed by atoms with E-state index in [1.807, 2.05) is 25.8 Å². The fourth-order valence-corrected chi connectivity index (χ4v) is 2.14. The van der Waals surface area contributed by atoms with Crippen LogP contribution in [-0.4, -0.2) is 47.1 Å². The summed E-state index contributed by atoms with van der Waals surface area (Å²) >= 11 is 0. The van der Waals surface area contributed by atoms with Gasteiger partial charge in [-0.25, -0.2) is 9.78 Å². The smallest absolute Gasteiger partial charge is 0.407 e. The highest BCUT2D eigenvalue weighted by Gasteiger charge is 2.26. The topological polar surface area (TPSA) is 85.8 Å². The van der Waals surface area contributed by atoms with Crippen LogP contribution in [0, 0.1) is 0 Å². The van der Waals surface area contributed by atoms with Gasteiger partial charge >= 0.3 is 6.09 Å². The van der Waals surface area contributed by atoms with Crippen LogP contribution in [0.1, 0.15) is 35.5 Å². The van der Waals surface area contributed by atoms with Crippen molar-refractivity contribution in [1.82, 2.24) is 15.2 Å². The second-order valence-corrected chi connectivity index (χ2v) is 5.48. The highest BCUT2D eigenvalue weighted by molar-refractivity contribution is 5.99. The number of fused-ring (bicyclic) bond motifs is 1. The van der Waals surface area contributed by atoms with E-state index in [9.17, 15) is 9.59 Å². The summed E-state index contributed by atoms with van der Waals surface area (Å²) in [5, 5.41) is 11.8. The monoisotopic (exact) mass is 292 g/mol. The molecule has 1 aromatic heterocycles. The van der Waals surface area contributed by atoms with E-state index in [1.165, 1.54) is 7.05 Å². The molecule has 114 valence electrons. The van der Waals surface area contributed by atoms with Crippen molar-refractivity contribution in [3.63, 3.8) is 0 Å². The van der Waals surface area contributed by atoms with Crippen molar-refractivity contribution in [1.29, 1.82) is 0 Å². The maximum atomic E-state index is 11.9. The van der Waals surface area contributed by atoms with Gasteiger partial charge in [-0.15, -0.1) is 0 Å².